The monoisotopic (exact) mass is 574 g/mol. The van der Waals surface area contributed by atoms with Gasteiger partial charge in [0, 0.05) is 23.2 Å². The van der Waals surface area contributed by atoms with Gasteiger partial charge >= 0.3 is 17.9 Å². The average Bonchev–Trinajstić information content (AvgIpc) is 3.35. The summed E-state index contributed by atoms with van der Waals surface area (Å²) in [6.45, 7) is 8.00. The van der Waals surface area contributed by atoms with Gasteiger partial charge in [-0.1, -0.05) is 61.9 Å². The van der Waals surface area contributed by atoms with Crippen LogP contribution in [0.1, 0.15) is 74.1 Å². The Labute approximate surface area is 246 Å². The second-order valence-electron chi connectivity index (χ2n) is 13.0. The van der Waals surface area contributed by atoms with E-state index in [1.807, 2.05) is 39.0 Å². The molecule has 2 saturated heterocycles. The van der Waals surface area contributed by atoms with Crippen molar-refractivity contribution in [3.63, 3.8) is 0 Å². The third-order valence-electron chi connectivity index (χ3n) is 10.8. The van der Waals surface area contributed by atoms with E-state index in [-0.39, 0.29) is 24.9 Å². The molecule has 2 aliphatic heterocycles. The van der Waals surface area contributed by atoms with Crippen LogP contribution in [0.3, 0.4) is 0 Å². The van der Waals surface area contributed by atoms with Gasteiger partial charge in [0.05, 0.1) is 17.5 Å². The van der Waals surface area contributed by atoms with E-state index < -0.39 is 52.3 Å². The van der Waals surface area contributed by atoms with Crippen molar-refractivity contribution in [3.8, 4) is 0 Å². The largest absolute Gasteiger partial charge is 0.463 e. The number of rotatable bonds is 4. The molecule has 2 aromatic carbocycles. The molecule has 2 aliphatic carbocycles. The molecule has 0 bridgehead atoms. The van der Waals surface area contributed by atoms with E-state index in [0.717, 1.165) is 5.57 Å². The molecular formula is C34H38O8. The molecule has 1 spiro atoms. The zero-order chi connectivity index (χ0) is 29.9. The summed E-state index contributed by atoms with van der Waals surface area (Å²) in [5.41, 5.74) is -2.01. The van der Waals surface area contributed by atoms with Gasteiger partial charge in [-0.25, -0.2) is 9.59 Å². The molecule has 6 rings (SSSR count). The SMILES string of the molecule is CC1=CCC(OC(=O)c2ccccc2)C2C1(C)C(OC(=O)c1ccccc1)C(O)C1(C)OC3(CCC21C)COC(=O)C3. The fraction of sp³-hybridized carbons (Fsp3) is 0.500. The van der Waals surface area contributed by atoms with E-state index in [0.29, 0.717) is 30.4 Å². The third kappa shape index (κ3) is 4.21. The van der Waals surface area contributed by atoms with Crippen molar-refractivity contribution in [1.29, 1.82) is 0 Å². The highest BCUT2D eigenvalue weighted by molar-refractivity contribution is 5.90. The Hall–Kier alpha value is -3.49. The number of aliphatic hydroxyl groups is 1. The van der Waals surface area contributed by atoms with Crippen LogP contribution in [0.2, 0.25) is 0 Å². The summed E-state index contributed by atoms with van der Waals surface area (Å²) in [6, 6.07) is 17.5. The van der Waals surface area contributed by atoms with Crippen LogP contribution in [-0.4, -0.2) is 59.1 Å². The van der Waals surface area contributed by atoms with Gasteiger partial charge in [0.1, 0.15) is 36.1 Å². The molecule has 42 heavy (non-hydrogen) atoms. The maximum Gasteiger partial charge on any atom is 0.338 e. The second kappa shape index (κ2) is 10.1. The molecule has 0 aromatic heterocycles. The number of fused-ring (bicyclic) bond motifs is 3. The lowest BCUT2D eigenvalue weighted by Crippen LogP contribution is -2.78. The summed E-state index contributed by atoms with van der Waals surface area (Å²) >= 11 is 0. The molecule has 8 unspecified atom stereocenters. The number of hydrogen-bond donors (Lipinski definition) is 1. The van der Waals surface area contributed by atoms with Crippen molar-refractivity contribution >= 4 is 17.9 Å². The first-order chi connectivity index (χ1) is 19.9. The number of ether oxygens (including phenoxy) is 4. The first-order valence-corrected chi connectivity index (χ1v) is 14.7. The molecule has 8 heteroatoms. The molecule has 2 aromatic rings. The van der Waals surface area contributed by atoms with E-state index in [1.54, 1.807) is 48.5 Å². The summed E-state index contributed by atoms with van der Waals surface area (Å²) in [5.74, 6) is -1.73. The van der Waals surface area contributed by atoms with Gasteiger partial charge in [-0.2, -0.15) is 0 Å². The lowest BCUT2D eigenvalue weighted by molar-refractivity contribution is -0.346. The van der Waals surface area contributed by atoms with Crippen LogP contribution >= 0.6 is 0 Å². The summed E-state index contributed by atoms with van der Waals surface area (Å²) in [4.78, 5) is 39.2. The molecular weight excluding hydrogens is 536 g/mol. The smallest absolute Gasteiger partial charge is 0.338 e. The van der Waals surface area contributed by atoms with Crippen LogP contribution in [0.15, 0.2) is 72.3 Å². The van der Waals surface area contributed by atoms with Gasteiger partial charge in [0.15, 0.2) is 0 Å². The lowest BCUT2D eigenvalue weighted by Gasteiger charge is -2.69. The minimum Gasteiger partial charge on any atom is -0.463 e. The van der Waals surface area contributed by atoms with Gasteiger partial charge in [-0.05, 0) is 51.0 Å². The molecule has 0 amide bonds. The van der Waals surface area contributed by atoms with E-state index in [2.05, 4.69) is 6.92 Å². The van der Waals surface area contributed by atoms with Crippen LogP contribution in [0.4, 0.5) is 0 Å². The molecule has 222 valence electrons. The van der Waals surface area contributed by atoms with Crippen molar-refractivity contribution in [1.82, 2.24) is 0 Å². The third-order valence-corrected chi connectivity index (χ3v) is 10.8. The molecule has 8 atom stereocenters. The van der Waals surface area contributed by atoms with Gasteiger partial charge in [0.25, 0.3) is 0 Å². The van der Waals surface area contributed by atoms with Crippen LogP contribution in [0.5, 0.6) is 0 Å². The molecule has 4 aliphatic rings. The van der Waals surface area contributed by atoms with Crippen LogP contribution < -0.4 is 0 Å². The van der Waals surface area contributed by atoms with Gasteiger partial charge < -0.3 is 24.1 Å². The van der Waals surface area contributed by atoms with Crippen molar-refractivity contribution < 1.29 is 38.4 Å². The topological polar surface area (TPSA) is 108 Å². The number of benzene rings is 2. The maximum atomic E-state index is 13.5. The number of hydrogen-bond acceptors (Lipinski definition) is 8. The molecule has 1 saturated carbocycles. The predicted octanol–water partition coefficient (Wildman–Crippen LogP) is 5.05. The van der Waals surface area contributed by atoms with Crippen molar-refractivity contribution in [3.05, 3.63) is 83.4 Å². The molecule has 0 radical (unpaired) electrons. The number of cyclic esters (lactones) is 1. The Balaban J connectivity index is 1.46. The average molecular weight is 575 g/mol. The summed E-state index contributed by atoms with van der Waals surface area (Å²) in [5, 5.41) is 12.3. The molecule has 8 nitrogen and oxygen atoms in total. The second-order valence-corrected chi connectivity index (χ2v) is 13.0. The summed E-state index contributed by atoms with van der Waals surface area (Å²) in [7, 11) is 0. The Kier molecular flexibility index (Phi) is 6.85. The van der Waals surface area contributed by atoms with Gasteiger partial charge in [-0.15, -0.1) is 0 Å². The normalized spacial score (nSPS) is 39.0. The van der Waals surface area contributed by atoms with Crippen molar-refractivity contribution in [2.75, 3.05) is 6.61 Å². The Morgan fingerprint density at radius 2 is 1.50 bits per heavy atom. The van der Waals surface area contributed by atoms with E-state index in [4.69, 9.17) is 18.9 Å². The van der Waals surface area contributed by atoms with Crippen molar-refractivity contribution in [2.45, 2.75) is 82.9 Å². The van der Waals surface area contributed by atoms with Crippen LogP contribution in [-0.2, 0) is 23.7 Å². The fourth-order valence-corrected chi connectivity index (χ4v) is 8.23. The number of aliphatic hydroxyl groups excluding tert-OH is 1. The first kappa shape index (κ1) is 28.6. The highest BCUT2D eigenvalue weighted by atomic mass is 16.6. The van der Waals surface area contributed by atoms with Gasteiger partial charge in [-0.3, -0.25) is 4.79 Å². The highest BCUT2D eigenvalue weighted by Gasteiger charge is 2.75. The minimum atomic E-state index is -1.26. The molecule has 2 heterocycles. The molecule has 1 N–H and O–H groups in total. The van der Waals surface area contributed by atoms with E-state index in [9.17, 15) is 19.5 Å². The number of esters is 3. The Morgan fingerprint density at radius 1 is 0.905 bits per heavy atom. The Bertz CT molecular complexity index is 1420. The number of carbonyl (C=O) groups excluding carboxylic acids is 3. The molecule has 3 fully saturated rings. The summed E-state index contributed by atoms with van der Waals surface area (Å²) in [6.07, 6.45) is 0.846. The fourth-order valence-electron chi connectivity index (χ4n) is 8.23. The Morgan fingerprint density at radius 3 is 2.07 bits per heavy atom. The van der Waals surface area contributed by atoms with Crippen LogP contribution in [0.25, 0.3) is 0 Å². The zero-order valence-electron chi connectivity index (χ0n) is 24.5. The zero-order valence-corrected chi connectivity index (χ0v) is 24.5. The first-order valence-electron chi connectivity index (χ1n) is 14.7. The maximum absolute atomic E-state index is 13.5. The summed E-state index contributed by atoms with van der Waals surface area (Å²) < 4.78 is 24.7. The van der Waals surface area contributed by atoms with Gasteiger partial charge in [0.2, 0.25) is 0 Å². The van der Waals surface area contributed by atoms with Crippen molar-refractivity contribution in [2.24, 2.45) is 16.7 Å². The lowest BCUT2D eigenvalue weighted by atomic mass is 9.42. The van der Waals surface area contributed by atoms with E-state index >= 15 is 0 Å². The quantitative estimate of drug-likeness (QED) is 0.307. The van der Waals surface area contributed by atoms with E-state index in [1.165, 1.54) is 0 Å². The highest BCUT2D eigenvalue weighted by Crippen LogP contribution is 2.68. The predicted molar refractivity (Wildman–Crippen MR) is 152 cm³/mol. The van der Waals surface area contributed by atoms with Crippen LogP contribution in [0, 0.1) is 16.7 Å². The standard InChI is InChI=1S/C34H38O8/c1-21-15-16-24(40-29(37)22-11-7-5-8-12-22)26-31(2)17-18-34(19-25(35)39-20-34)42-33(31,4)27(36)28(32(21,26)3)41-30(38)23-13-9-6-10-14-23/h5-15,24,26-28,36H,16-20H2,1-4H3. The minimum absolute atomic E-state index is 0.0904. The number of carbonyl (C=O) groups is 3.